The second kappa shape index (κ2) is 2.61. The summed E-state index contributed by atoms with van der Waals surface area (Å²) in [4.78, 5) is 7.88. The molecule has 0 amide bonds. The van der Waals surface area contributed by atoms with Crippen molar-refractivity contribution in [1.82, 2.24) is 19.7 Å². The van der Waals surface area contributed by atoms with Crippen molar-refractivity contribution in [2.75, 3.05) is 0 Å². The fourth-order valence-electron chi connectivity index (χ4n) is 0.832. The molecule has 0 saturated heterocycles. The zero-order valence-corrected chi connectivity index (χ0v) is 6.12. The highest BCUT2D eigenvalue weighted by Crippen LogP contribution is 2.06. The molecule has 0 fully saturated rings. The van der Waals surface area contributed by atoms with E-state index >= 15 is 0 Å². The van der Waals surface area contributed by atoms with Gasteiger partial charge in [-0.2, -0.15) is 5.10 Å². The van der Waals surface area contributed by atoms with Gasteiger partial charge in [-0.1, -0.05) is 0 Å². The number of rotatable bonds is 1. The molecule has 2 rings (SSSR count). The van der Waals surface area contributed by atoms with Crippen molar-refractivity contribution in [1.29, 1.82) is 0 Å². The summed E-state index contributed by atoms with van der Waals surface area (Å²) < 4.78 is 1.40. The Bertz CT molecular complexity index is 370. The molecule has 60 valence electrons. The van der Waals surface area contributed by atoms with Crippen LogP contribution < -0.4 is 0 Å². The zero-order chi connectivity index (χ0) is 8.39. The molecule has 0 aromatic carbocycles. The number of hydrogen-bond acceptors (Lipinski definition) is 4. The minimum atomic E-state index is 0.0995. The molecule has 2 aromatic rings. The lowest BCUT2D eigenvalue weighted by molar-refractivity contribution is 0.475. The average molecular weight is 162 g/mol. The molecule has 5 nitrogen and oxygen atoms in total. The van der Waals surface area contributed by atoms with E-state index in [-0.39, 0.29) is 5.75 Å². The summed E-state index contributed by atoms with van der Waals surface area (Å²) in [5, 5.41) is 12.8. The van der Waals surface area contributed by atoms with Crippen LogP contribution in [0.25, 0.3) is 5.95 Å². The van der Waals surface area contributed by atoms with E-state index in [9.17, 15) is 0 Å². The SMILES string of the molecule is Oc1cnn(-c2ncccn2)c1. The van der Waals surface area contributed by atoms with Crippen molar-refractivity contribution in [3.63, 3.8) is 0 Å². The molecule has 12 heavy (non-hydrogen) atoms. The van der Waals surface area contributed by atoms with Gasteiger partial charge < -0.3 is 5.11 Å². The first-order valence-corrected chi connectivity index (χ1v) is 3.37. The third-order valence-corrected chi connectivity index (χ3v) is 1.33. The number of aromatic hydroxyl groups is 1. The Balaban J connectivity index is 2.45. The van der Waals surface area contributed by atoms with Gasteiger partial charge in [0, 0.05) is 12.4 Å². The summed E-state index contributed by atoms with van der Waals surface area (Å²) in [6, 6.07) is 1.72. The van der Waals surface area contributed by atoms with Crippen LogP contribution >= 0.6 is 0 Å². The molecule has 2 aromatic heterocycles. The minimum Gasteiger partial charge on any atom is -0.505 e. The molecular weight excluding hydrogens is 156 g/mol. The predicted octanol–water partition coefficient (Wildman–Crippen LogP) is 0.368. The maximum Gasteiger partial charge on any atom is 0.250 e. The lowest BCUT2D eigenvalue weighted by Gasteiger charge is -1.94. The number of nitrogens with zero attached hydrogens (tertiary/aromatic N) is 4. The number of aromatic nitrogens is 4. The van der Waals surface area contributed by atoms with Gasteiger partial charge in [0.1, 0.15) is 0 Å². The summed E-state index contributed by atoms with van der Waals surface area (Å²) >= 11 is 0. The first-order valence-electron chi connectivity index (χ1n) is 3.37. The van der Waals surface area contributed by atoms with Gasteiger partial charge in [0.25, 0.3) is 5.95 Å². The van der Waals surface area contributed by atoms with Gasteiger partial charge in [-0.15, -0.1) is 0 Å². The Morgan fingerprint density at radius 3 is 2.58 bits per heavy atom. The van der Waals surface area contributed by atoms with Crippen LogP contribution in [-0.2, 0) is 0 Å². The van der Waals surface area contributed by atoms with Gasteiger partial charge >= 0.3 is 0 Å². The molecule has 0 bridgehead atoms. The van der Waals surface area contributed by atoms with Crippen LogP contribution in [0, 0.1) is 0 Å². The maximum atomic E-state index is 8.98. The zero-order valence-electron chi connectivity index (χ0n) is 6.12. The summed E-state index contributed by atoms with van der Waals surface area (Å²) in [7, 11) is 0. The monoisotopic (exact) mass is 162 g/mol. The summed E-state index contributed by atoms with van der Waals surface area (Å²) in [5.74, 6) is 0.542. The largest absolute Gasteiger partial charge is 0.505 e. The summed E-state index contributed by atoms with van der Waals surface area (Å²) in [6.07, 6.45) is 5.99. The highest BCUT2D eigenvalue weighted by Gasteiger charge is 1.99. The molecule has 2 heterocycles. The molecule has 0 radical (unpaired) electrons. The highest BCUT2D eigenvalue weighted by molar-refractivity contribution is 5.16. The Hall–Kier alpha value is -1.91. The fraction of sp³-hybridized carbons (Fsp3) is 0. The van der Waals surface area contributed by atoms with Crippen LogP contribution in [0.3, 0.4) is 0 Å². The van der Waals surface area contributed by atoms with E-state index in [1.165, 1.54) is 17.1 Å². The minimum absolute atomic E-state index is 0.0995. The van der Waals surface area contributed by atoms with E-state index in [4.69, 9.17) is 5.11 Å². The predicted molar refractivity (Wildman–Crippen MR) is 40.8 cm³/mol. The van der Waals surface area contributed by atoms with Crippen molar-refractivity contribution in [2.24, 2.45) is 0 Å². The van der Waals surface area contributed by atoms with E-state index in [2.05, 4.69) is 15.1 Å². The van der Waals surface area contributed by atoms with Crippen molar-refractivity contribution < 1.29 is 5.11 Å². The van der Waals surface area contributed by atoms with Crippen LogP contribution in [0.2, 0.25) is 0 Å². The van der Waals surface area contributed by atoms with Crippen LogP contribution in [0.4, 0.5) is 0 Å². The van der Waals surface area contributed by atoms with Gasteiger partial charge in [0.05, 0.1) is 12.4 Å². The van der Waals surface area contributed by atoms with E-state index in [0.717, 1.165) is 0 Å². The van der Waals surface area contributed by atoms with E-state index in [1.54, 1.807) is 18.5 Å². The van der Waals surface area contributed by atoms with Crippen LogP contribution in [0.15, 0.2) is 30.9 Å². The molecule has 0 aliphatic heterocycles. The summed E-state index contributed by atoms with van der Waals surface area (Å²) in [6.45, 7) is 0. The molecule has 0 saturated carbocycles. The normalized spacial score (nSPS) is 10.0. The van der Waals surface area contributed by atoms with Gasteiger partial charge in [-0.3, -0.25) is 0 Å². The van der Waals surface area contributed by atoms with Crippen LogP contribution in [0.1, 0.15) is 0 Å². The molecule has 0 aliphatic carbocycles. The molecular formula is C7H6N4O. The first kappa shape index (κ1) is 6.78. The molecule has 1 N–H and O–H groups in total. The Kier molecular flexibility index (Phi) is 1.48. The molecule has 0 spiro atoms. The van der Waals surface area contributed by atoms with Gasteiger partial charge in [-0.05, 0) is 6.07 Å². The maximum absolute atomic E-state index is 8.98. The Labute approximate surface area is 68.3 Å². The van der Waals surface area contributed by atoms with E-state index in [1.807, 2.05) is 0 Å². The fourth-order valence-corrected chi connectivity index (χ4v) is 0.832. The standard InChI is InChI=1S/C7H6N4O/c12-6-4-10-11(5-6)7-8-2-1-3-9-7/h1-5,12H. The molecule has 0 aliphatic rings. The van der Waals surface area contributed by atoms with Crippen molar-refractivity contribution in [2.45, 2.75) is 0 Å². The van der Waals surface area contributed by atoms with E-state index in [0.29, 0.717) is 5.95 Å². The third-order valence-electron chi connectivity index (χ3n) is 1.33. The third kappa shape index (κ3) is 1.12. The average Bonchev–Trinajstić information content (AvgIpc) is 2.54. The Morgan fingerprint density at radius 2 is 2.00 bits per heavy atom. The van der Waals surface area contributed by atoms with Gasteiger partial charge in [-0.25, -0.2) is 14.6 Å². The van der Waals surface area contributed by atoms with Crippen LogP contribution in [-0.4, -0.2) is 24.9 Å². The second-order valence-corrected chi connectivity index (χ2v) is 2.19. The quantitative estimate of drug-likeness (QED) is 0.657. The second-order valence-electron chi connectivity index (χ2n) is 2.19. The number of hydrogen-bond donors (Lipinski definition) is 1. The van der Waals surface area contributed by atoms with Gasteiger partial charge in [0.2, 0.25) is 0 Å². The molecule has 0 unspecified atom stereocenters. The first-order chi connectivity index (χ1) is 5.86. The van der Waals surface area contributed by atoms with Crippen molar-refractivity contribution in [3.8, 4) is 11.7 Å². The van der Waals surface area contributed by atoms with Crippen molar-refractivity contribution >= 4 is 0 Å². The van der Waals surface area contributed by atoms with Crippen LogP contribution in [0.5, 0.6) is 5.75 Å². The summed E-state index contributed by atoms with van der Waals surface area (Å²) in [5.41, 5.74) is 0. The smallest absolute Gasteiger partial charge is 0.250 e. The highest BCUT2D eigenvalue weighted by atomic mass is 16.3. The van der Waals surface area contributed by atoms with Gasteiger partial charge in [0.15, 0.2) is 5.75 Å². The molecule has 5 heteroatoms. The topological polar surface area (TPSA) is 63.8 Å². The molecule has 0 atom stereocenters. The van der Waals surface area contributed by atoms with E-state index < -0.39 is 0 Å². The lowest BCUT2D eigenvalue weighted by atomic mass is 10.6. The Morgan fingerprint density at radius 1 is 1.25 bits per heavy atom. The lowest BCUT2D eigenvalue weighted by Crippen LogP contribution is -1.99. The van der Waals surface area contributed by atoms with Crippen molar-refractivity contribution in [3.05, 3.63) is 30.9 Å².